The number of rotatable bonds is 45. The molecule has 318 valence electrons. The summed E-state index contributed by atoms with van der Waals surface area (Å²) in [5.74, 6) is -0.262. The molecule has 0 unspecified atom stereocenters. The first-order chi connectivity index (χ1) is 26.0. The monoisotopic (exact) mass is 769 g/mol. The molecule has 0 saturated carbocycles. The predicted molar refractivity (Wildman–Crippen MR) is 206 cm³/mol. The van der Waals surface area contributed by atoms with E-state index >= 15 is 0 Å². The molecule has 0 aliphatic rings. The maximum Gasteiger partial charge on any atom is 0.308 e. The second-order valence-electron chi connectivity index (χ2n) is 13.6. The van der Waals surface area contributed by atoms with Gasteiger partial charge in [-0.2, -0.15) is 0 Å². The number of hydrogen-bond donors (Lipinski definition) is 0. The fraction of sp³-hybridized carbons (Fsp3) is 0.975. The van der Waals surface area contributed by atoms with Gasteiger partial charge in [-0.05, 0) is 27.2 Å². The Morgan fingerprint density at radius 1 is 0.321 bits per heavy atom. The molecular weight excluding hydrogens is 688 g/mol. The van der Waals surface area contributed by atoms with Crippen molar-refractivity contribution in [2.75, 3.05) is 145 Å². The Morgan fingerprint density at radius 3 is 0.811 bits per heavy atom. The minimum absolute atomic E-state index is 0.234. The Kier molecular flexibility index (Phi) is 43.0. The van der Waals surface area contributed by atoms with Crippen molar-refractivity contribution < 1.29 is 61.6 Å². The van der Waals surface area contributed by atoms with Gasteiger partial charge in [0.05, 0.1) is 145 Å². The summed E-state index contributed by atoms with van der Waals surface area (Å²) in [7, 11) is 0. The summed E-state index contributed by atoms with van der Waals surface area (Å²) in [6, 6.07) is 0. The van der Waals surface area contributed by atoms with E-state index in [4.69, 9.17) is 56.8 Å². The van der Waals surface area contributed by atoms with E-state index in [1.807, 2.05) is 20.8 Å². The lowest BCUT2D eigenvalue weighted by molar-refractivity contribution is -0.156. The van der Waals surface area contributed by atoms with Crippen molar-refractivity contribution in [3.8, 4) is 0 Å². The number of ether oxygens (including phenoxy) is 12. The molecule has 0 saturated heterocycles. The molecule has 0 bridgehead atoms. The lowest BCUT2D eigenvalue weighted by Gasteiger charge is -2.19. The molecule has 0 aromatic rings. The van der Waals surface area contributed by atoms with Gasteiger partial charge in [0, 0.05) is 6.61 Å². The van der Waals surface area contributed by atoms with Crippen LogP contribution in [0.1, 0.15) is 105 Å². The van der Waals surface area contributed by atoms with Crippen molar-refractivity contribution in [2.45, 2.75) is 110 Å². The third-order valence-corrected chi connectivity index (χ3v) is 7.48. The number of hydrogen-bond acceptors (Lipinski definition) is 13. The van der Waals surface area contributed by atoms with Gasteiger partial charge in [-0.15, -0.1) is 0 Å². The summed E-state index contributed by atoms with van der Waals surface area (Å²) < 4.78 is 65.7. The highest BCUT2D eigenvalue weighted by Gasteiger charge is 2.15. The van der Waals surface area contributed by atoms with E-state index in [0.29, 0.717) is 139 Å². The van der Waals surface area contributed by atoms with E-state index in [0.717, 1.165) is 13.0 Å². The Labute approximate surface area is 322 Å². The van der Waals surface area contributed by atoms with Crippen molar-refractivity contribution >= 4 is 5.97 Å². The first-order valence-electron chi connectivity index (χ1n) is 20.5. The predicted octanol–water partition coefficient (Wildman–Crippen LogP) is 6.21. The Morgan fingerprint density at radius 2 is 0.547 bits per heavy atom. The zero-order valence-corrected chi connectivity index (χ0v) is 34.3. The molecule has 0 heterocycles. The molecule has 0 spiro atoms. The van der Waals surface area contributed by atoms with E-state index in [-0.39, 0.29) is 12.4 Å². The lowest BCUT2D eigenvalue weighted by Crippen LogP contribution is -2.24. The van der Waals surface area contributed by atoms with Crippen molar-refractivity contribution in [3.63, 3.8) is 0 Å². The van der Waals surface area contributed by atoms with Crippen molar-refractivity contribution in [2.24, 2.45) is 0 Å². The molecule has 0 fully saturated rings. The van der Waals surface area contributed by atoms with E-state index in [1.165, 1.54) is 64.2 Å². The van der Waals surface area contributed by atoms with Crippen LogP contribution in [0.5, 0.6) is 0 Å². The van der Waals surface area contributed by atoms with Crippen molar-refractivity contribution in [1.82, 2.24) is 0 Å². The number of unbranched alkanes of at least 4 members (excludes halogenated alkanes) is 10. The van der Waals surface area contributed by atoms with Gasteiger partial charge in [-0.1, -0.05) is 71.1 Å². The number of esters is 1. The van der Waals surface area contributed by atoms with Crippen LogP contribution in [0.4, 0.5) is 0 Å². The maximum absolute atomic E-state index is 11.6. The second-order valence-corrected chi connectivity index (χ2v) is 13.6. The molecule has 0 N–H and O–H groups in total. The van der Waals surface area contributed by atoms with Gasteiger partial charge in [-0.3, -0.25) is 4.79 Å². The van der Waals surface area contributed by atoms with Crippen LogP contribution in [0.25, 0.3) is 0 Å². The highest BCUT2D eigenvalue weighted by molar-refractivity contribution is 5.69. The minimum Gasteiger partial charge on any atom is -0.460 e. The minimum atomic E-state index is -0.472. The van der Waals surface area contributed by atoms with Gasteiger partial charge in [0.25, 0.3) is 0 Å². The smallest absolute Gasteiger partial charge is 0.308 e. The molecular formula is C40H80O13. The molecule has 0 aliphatic heterocycles. The quantitative estimate of drug-likeness (QED) is 0.0515. The van der Waals surface area contributed by atoms with Gasteiger partial charge in [-0.25, -0.2) is 0 Å². The van der Waals surface area contributed by atoms with Crippen LogP contribution in [0, 0.1) is 0 Å². The molecule has 0 amide bonds. The molecule has 53 heavy (non-hydrogen) atoms. The van der Waals surface area contributed by atoms with Crippen LogP contribution in [0.2, 0.25) is 0 Å². The molecule has 0 aliphatic carbocycles. The Balaban J connectivity index is 3.09. The van der Waals surface area contributed by atoms with E-state index in [1.54, 1.807) is 0 Å². The third kappa shape index (κ3) is 49.0. The van der Waals surface area contributed by atoms with Crippen molar-refractivity contribution in [3.05, 3.63) is 0 Å². The number of carbonyl (C=O) groups is 1. The molecule has 0 aromatic heterocycles. The fourth-order valence-corrected chi connectivity index (χ4v) is 4.72. The summed E-state index contributed by atoms with van der Waals surface area (Å²) in [5, 5.41) is 0. The van der Waals surface area contributed by atoms with Crippen LogP contribution in [-0.4, -0.2) is 157 Å². The fourth-order valence-electron chi connectivity index (χ4n) is 4.72. The van der Waals surface area contributed by atoms with Crippen LogP contribution < -0.4 is 0 Å². The highest BCUT2D eigenvalue weighted by Crippen LogP contribution is 2.11. The summed E-state index contributed by atoms with van der Waals surface area (Å²) in [5.41, 5.74) is -0.472. The lowest BCUT2D eigenvalue weighted by atomic mass is 10.1. The first kappa shape index (κ1) is 52.0. The molecule has 0 aromatic carbocycles. The normalized spacial score (nSPS) is 11.8. The molecule has 0 atom stereocenters. The van der Waals surface area contributed by atoms with Crippen LogP contribution >= 0.6 is 0 Å². The van der Waals surface area contributed by atoms with E-state index in [2.05, 4.69) is 6.92 Å². The first-order valence-corrected chi connectivity index (χ1v) is 20.5. The van der Waals surface area contributed by atoms with Crippen LogP contribution in [-0.2, 0) is 61.6 Å². The Hall–Kier alpha value is -0.970. The molecule has 13 nitrogen and oxygen atoms in total. The highest BCUT2D eigenvalue weighted by atomic mass is 16.6. The zero-order valence-electron chi connectivity index (χ0n) is 34.3. The van der Waals surface area contributed by atoms with Gasteiger partial charge in [0.2, 0.25) is 0 Å². The molecule has 0 rings (SSSR count). The van der Waals surface area contributed by atoms with Gasteiger partial charge in [0.1, 0.15) is 5.60 Å². The second kappa shape index (κ2) is 43.8. The third-order valence-electron chi connectivity index (χ3n) is 7.48. The summed E-state index contributed by atoms with van der Waals surface area (Å²) in [6.07, 6.45) is 15.1. The summed E-state index contributed by atoms with van der Waals surface area (Å²) in [6.45, 7) is 19.3. The molecule has 0 radical (unpaired) electrons. The average molecular weight is 769 g/mol. The molecule has 13 heteroatoms. The van der Waals surface area contributed by atoms with Crippen molar-refractivity contribution in [1.29, 1.82) is 0 Å². The SMILES string of the molecule is CCCCCCCCCCCCCOCCOCCOCCOCCOCCOCCOCCOCCOCCOCCOCCC(=O)OC(C)(C)C. The maximum atomic E-state index is 11.6. The Bertz CT molecular complexity index is 709. The van der Waals surface area contributed by atoms with E-state index in [9.17, 15) is 4.79 Å². The number of carbonyl (C=O) groups excluding carboxylic acids is 1. The van der Waals surface area contributed by atoms with Gasteiger partial charge >= 0.3 is 5.97 Å². The van der Waals surface area contributed by atoms with Gasteiger partial charge in [0.15, 0.2) is 0 Å². The summed E-state index contributed by atoms with van der Waals surface area (Å²) in [4.78, 5) is 11.6. The average Bonchev–Trinajstić information content (AvgIpc) is 3.12. The van der Waals surface area contributed by atoms with Gasteiger partial charge < -0.3 is 56.8 Å². The summed E-state index contributed by atoms with van der Waals surface area (Å²) >= 11 is 0. The standard InChI is InChI=1S/C40H80O13/c1-5-6-7-8-9-10-11-12-13-14-15-17-42-19-21-44-23-25-46-27-29-48-31-33-50-35-37-52-38-36-51-34-32-49-30-28-47-26-24-45-22-20-43-18-16-39(41)53-40(2,3)4/h5-38H2,1-4H3. The van der Waals surface area contributed by atoms with Crippen LogP contribution in [0.3, 0.4) is 0 Å². The van der Waals surface area contributed by atoms with Crippen LogP contribution in [0.15, 0.2) is 0 Å². The topological polar surface area (TPSA) is 128 Å². The van der Waals surface area contributed by atoms with E-state index < -0.39 is 5.60 Å². The largest absolute Gasteiger partial charge is 0.460 e. The zero-order chi connectivity index (χ0) is 38.6.